The summed E-state index contributed by atoms with van der Waals surface area (Å²) in [5, 5.41) is 2.87. The summed E-state index contributed by atoms with van der Waals surface area (Å²) < 4.78 is 5.55. The van der Waals surface area contributed by atoms with Crippen LogP contribution < -0.4 is 10.2 Å². The zero-order valence-electron chi connectivity index (χ0n) is 14.0. The average molecular weight is 315 g/mol. The first-order chi connectivity index (χ1) is 10.9. The third-order valence-electron chi connectivity index (χ3n) is 3.92. The molecule has 1 amide bonds. The van der Waals surface area contributed by atoms with Gasteiger partial charge in [0.15, 0.2) is 17.6 Å². The molecule has 0 aliphatic heterocycles. The maximum Gasteiger partial charge on any atom is 0.282 e. The monoisotopic (exact) mass is 315 g/mol. The van der Waals surface area contributed by atoms with Gasteiger partial charge in [0.05, 0.1) is 7.05 Å². The van der Waals surface area contributed by atoms with E-state index in [1.807, 2.05) is 33.0 Å². The Labute approximate surface area is 136 Å². The van der Waals surface area contributed by atoms with Crippen molar-refractivity contribution in [2.24, 2.45) is 0 Å². The molecule has 0 fully saturated rings. The number of Topliss-reactive ketones (excluding diaryl/α,β-unsaturated/α-hetero) is 1. The lowest BCUT2D eigenvalue weighted by Crippen LogP contribution is -3.12. The lowest BCUT2D eigenvalue weighted by Gasteiger charge is -2.20. The summed E-state index contributed by atoms with van der Waals surface area (Å²) >= 11 is 0. The Balaban J connectivity index is 1.99. The quantitative estimate of drug-likeness (QED) is 0.800. The van der Waals surface area contributed by atoms with Gasteiger partial charge in [0, 0.05) is 11.3 Å². The SMILES string of the molecule is CC(=O)c1cccc(NC(=O)[C@H](C)[NH+](C)Cc2ccc(C)o2)c1. The Hall–Kier alpha value is -2.40. The van der Waals surface area contributed by atoms with E-state index in [-0.39, 0.29) is 17.7 Å². The molecule has 0 spiro atoms. The summed E-state index contributed by atoms with van der Waals surface area (Å²) in [6.45, 7) is 5.91. The fourth-order valence-electron chi connectivity index (χ4n) is 2.30. The number of ketones is 1. The molecule has 2 atom stereocenters. The van der Waals surface area contributed by atoms with Crippen molar-refractivity contribution in [1.29, 1.82) is 0 Å². The third kappa shape index (κ3) is 4.53. The van der Waals surface area contributed by atoms with Gasteiger partial charge in [0.2, 0.25) is 0 Å². The van der Waals surface area contributed by atoms with Crippen LogP contribution in [0.4, 0.5) is 5.69 Å². The number of aryl methyl sites for hydroxylation is 1. The van der Waals surface area contributed by atoms with Crippen LogP contribution in [0.3, 0.4) is 0 Å². The molecule has 5 nitrogen and oxygen atoms in total. The Morgan fingerprint density at radius 2 is 2.00 bits per heavy atom. The van der Waals surface area contributed by atoms with Crippen molar-refractivity contribution in [2.45, 2.75) is 33.4 Å². The van der Waals surface area contributed by atoms with Crippen LogP contribution in [-0.4, -0.2) is 24.8 Å². The summed E-state index contributed by atoms with van der Waals surface area (Å²) in [7, 11) is 1.95. The molecule has 1 aromatic carbocycles. The third-order valence-corrected chi connectivity index (χ3v) is 3.92. The predicted molar refractivity (Wildman–Crippen MR) is 88.6 cm³/mol. The Kier molecular flexibility index (Phi) is 5.34. The van der Waals surface area contributed by atoms with Crippen molar-refractivity contribution in [2.75, 3.05) is 12.4 Å². The van der Waals surface area contributed by atoms with Crippen LogP contribution in [0.2, 0.25) is 0 Å². The highest BCUT2D eigenvalue weighted by atomic mass is 16.3. The van der Waals surface area contributed by atoms with Crippen LogP contribution in [0, 0.1) is 6.92 Å². The van der Waals surface area contributed by atoms with Gasteiger partial charge in [-0.15, -0.1) is 0 Å². The molecule has 122 valence electrons. The highest BCUT2D eigenvalue weighted by Crippen LogP contribution is 2.11. The maximum absolute atomic E-state index is 12.4. The van der Waals surface area contributed by atoms with Crippen LogP contribution in [0.1, 0.15) is 35.7 Å². The van der Waals surface area contributed by atoms with Crippen molar-refractivity contribution in [1.82, 2.24) is 0 Å². The van der Waals surface area contributed by atoms with Gasteiger partial charge in [-0.05, 0) is 45.0 Å². The summed E-state index contributed by atoms with van der Waals surface area (Å²) in [4.78, 5) is 24.8. The molecule has 1 unspecified atom stereocenters. The number of hydrogen-bond donors (Lipinski definition) is 2. The van der Waals surface area contributed by atoms with Gasteiger partial charge in [-0.25, -0.2) is 0 Å². The van der Waals surface area contributed by atoms with Crippen LogP contribution >= 0.6 is 0 Å². The number of carbonyl (C=O) groups is 2. The molecule has 0 bridgehead atoms. The minimum atomic E-state index is -0.249. The van der Waals surface area contributed by atoms with Crippen LogP contribution in [0.25, 0.3) is 0 Å². The summed E-state index contributed by atoms with van der Waals surface area (Å²) in [6, 6.07) is 10.6. The number of quaternary nitrogens is 1. The molecular formula is C18H23N2O3+. The van der Waals surface area contributed by atoms with Crippen LogP contribution in [0.15, 0.2) is 40.8 Å². The molecular weight excluding hydrogens is 292 g/mol. The molecule has 0 aliphatic rings. The smallest absolute Gasteiger partial charge is 0.282 e. The van der Waals surface area contributed by atoms with E-state index in [1.54, 1.807) is 24.3 Å². The van der Waals surface area contributed by atoms with E-state index in [0.717, 1.165) is 16.4 Å². The first-order valence-corrected chi connectivity index (χ1v) is 7.66. The summed E-state index contributed by atoms with van der Waals surface area (Å²) in [5.41, 5.74) is 1.22. The van der Waals surface area contributed by atoms with Gasteiger partial charge in [0.1, 0.15) is 12.3 Å². The van der Waals surface area contributed by atoms with Crippen molar-refractivity contribution < 1.29 is 18.9 Å². The van der Waals surface area contributed by atoms with Gasteiger partial charge in [-0.1, -0.05) is 12.1 Å². The minimum Gasteiger partial charge on any atom is -0.460 e. The molecule has 23 heavy (non-hydrogen) atoms. The molecule has 0 radical (unpaired) electrons. The van der Waals surface area contributed by atoms with E-state index in [2.05, 4.69) is 5.32 Å². The molecule has 0 saturated heterocycles. The normalized spacial score (nSPS) is 13.4. The Morgan fingerprint density at radius 3 is 2.61 bits per heavy atom. The number of carbonyl (C=O) groups excluding carboxylic acids is 2. The van der Waals surface area contributed by atoms with Crippen LogP contribution in [0.5, 0.6) is 0 Å². The molecule has 1 heterocycles. The molecule has 5 heteroatoms. The van der Waals surface area contributed by atoms with Gasteiger partial charge >= 0.3 is 0 Å². The van der Waals surface area contributed by atoms with Gasteiger partial charge in [0.25, 0.3) is 5.91 Å². The van der Waals surface area contributed by atoms with Gasteiger partial charge < -0.3 is 14.6 Å². The van der Waals surface area contributed by atoms with E-state index in [4.69, 9.17) is 4.42 Å². The van der Waals surface area contributed by atoms with Crippen molar-refractivity contribution in [3.63, 3.8) is 0 Å². The highest BCUT2D eigenvalue weighted by Gasteiger charge is 2.23. The van der Waals surface area contributed by atoms with Crippen molar-refractivity contribution >= 4 is 17.4 Å². The zero-order valence-corrected chi connectivity index (χ0v) is 14.0. The topological polar surface area (TPSA) is 63.8 Å². The van der Waals surface area contributed by atoms with E-state index in [1.165, 1.54) is 6.92 Å². The Morgan fingerprint density at radius 1 is 1.26 bits per heavy atom. The van der Waals surface area contributed by atoms with E-state index in [9.17, 15) is 9.59 Å². The molecule has 0 saturated carbocycles. The number of nitrogens with one attached hydrogen (secondary N) is 2. The zero-order chi connectivity index (χ0) is 17.0. The number of anilines is 1. The molecule has 1 aromatic heterocycles. The number of likely N-dealkylation sites (N-methyl/N-ethyl adjacent to an activating group) is 1. The lowest BCUT2D eigenvalue weighted by molar-refractivity contribution is -0.908. The van der Waals surface area contributed by atoms with Crippen molar-refractivity contribution in [3.8, 4) is 0 Å². The fourth-order valence-corrected chi connectivity index (χ4v) is 2.30. The maximum atomic E-state index is 12.4. The van der Waals surface area contributed by atoms with E-state index < -0.39 is 0 Å². The first kappa shape index (κ1) is 17.0. The number of furan rings is 1. The number of hydrogen-bond acceptors (Lipinski definition) is 3. The minimum absolute atomic E-state index is 0.0231. The summed E-state index contributed by atoms with van der Waals surface area (Å²) in [5.74, 6) is 1.61. The molecule has 0 aliphatic carbocycles. The van der Waals surface area contributed by atoms with Crippen molar-refractivity contribution in [3.05, 3.63) is 53.5 Å². The second-order valence-electron chi connectivity index (χ2n) is 5.88. The Bertz CT molecular complexity index is 706. The largest absolute Gasteiger partial charge is 0.460 e. The highest BCUT2D eigenvalue weighted by molar-refractivity contribution is 5.97. The molecule has 2 rings (SSSR count). The van der Waals surface area contributed by atoms with Crippen LogP contribution in [-0.2, 0) is 11.3 Å². The summed E-state index contributed by atoms with van der Waals surface area (Å²) in [6.07, 6.45) is 0. The number of benzene rings is 1. The molecule has 2 N–H and O–H groups in total. The van der Waals surface area contributed by atoms with E-state index >= 15 is 0 Å². The standard InChI is InChI=1S/C18H22N2O3/c1-12-8-9-17(23-12)11-20(4)13(2)18(22)19-16-7-5-6-15(10-16)14(3)21/h5-10,13H,11H2,1-4H3,(H,19,22)/p+1/t13-/m0/s1. The van der Waals surface area contributed by atoms with Gasteiger partial charge in [-0.3, -0.25) is 9.59 Å². The fraction of sp³-hybridized carbons (Fsp3) is 0.333. The van der Waals surface area contributed by atoms with Gasteiger partial charge in [-0.2, -0.15) is 0 Å². The predicted octanol–water partition coefficient (Wildman–Crippen LogP) is 1.83. The second-order valence-corrected chi connectivity index (χ2v) is 5.88. The second kappa shape index (κ2) is 7.24. The first-order valence-electron chi connectivity index (χ1n) is 7.66. The molecule has 2 aromatic rings. The number of rotatable bonds is 6. The van der Waals surface area contributed by atoms with E-state index in [0.29, 0.717) is 17.8 Å². The lowest BCUT2D eigenvalue weighted by atomic mass is 10.1. The average Bonchev–Trinajstić information content (AvgIpc) is 2.91. The number of amides is 1.